The van der Waals surface area contributed by atoms with Crippen LogP contribution in [0.5, 0.6) is 11.5 Å². The van der Waals surface area contributed by atoms with Crippen LogP contribution >= 0.6 is 0 Å². The summed E-state index contributed by atoms with van der Waals surface area (Å²) in [7, 11) is 3.18. The Hall–Kier alpha value is -3.36. The molecule has 0 fully saturated rings. The molecule has 3 rings (SSSR count). The molecule has 0 aliphatic heterocycles. The monoisotopic (exact) mass is 652 g/mol. The highest BCUT2D eigenvalue weighted by Crippen LogP contribution is 2.43. The van der Waals surface area contributed by atoms with Gasteiger partial charge in [-0.15, -0.1) is 0 Å². The third-order valence-electron chi connectivity index (χ3n) is 8.18. The largest absolute Gasteiger partial charge is 0.488 e. The van der Waals surface area contributed by atoms with Gasteiger partial charge in [0.25, 0.3) is 0 Å². The van der Waals surface area contributed by atoms with Gasteiger partial charge in [-0.1, -0.05) is 107 Å². The normalized spacial score (nSPS) is 12.6. The van der Waals surface area contributed by atoms with Crippen molar-refractivity contribution in [3.63, 3.8) is 0 Å². The standard InChI is InChI=1S/C39H56O8/c1-6-8-10-12-14-20-36(40)46-30(25-42-4)27-44-38-32-18-16-17-19-33(32)39(35-24-29(3)22-23-34(35)38)45-28-31(26-43-5)47-37(41)21-15-13-11-9-7-2/h16-19,22-24,30-31H,6-15,20-21,25-28H2,1-5H3. The molecule has 3 aromatic rings. The second-order valence-electron chi connectivity index (χ2n) is 12.3. The summed E-state index contributed by atoms with van der Waals surface area (Å²) in [5, 5.41) is 3.48. The minimum Gasteiger partial charge on any atom is -0.488 e. The van der Waals surface area contributed by atoms with Crippen molar-refractivity contribution in [1.82, 2.24) is 0 Å². The Morgan fingerprint density at radius 3 is 1.49 bits per heavy atom. The molecule has 47 heavy (non-hydrogen) atoms. The molecule has 0 saturated carbocycles. The van der Waals surface area contributed by atoms with Gasteiger partial charge in [-0.3, -0.25) is 9.59 Å². The zero-order valence-electron chi connectivity index (χ0n) is 29.3. The smallest absolute Gasteiger partial charge is 0.306 e. The molecule has 2 atom stereocenters. The van der Waals surface area contributed by atoms with Gasteiger partial charge in [0.1, 0.15) is 24.7 Å². The van der Waals surface area contributed by atoms with Crippen LogP contribution in [0.4, 0.5) is 0 Å². The molecule has 260 valence electrons. The van der Waals surface area contributed by atoms with Gasteiger partial charge in [0.2, 0.25) is 0 Å². The van der Waals surface area contributed by atoms with Gasteiger partial charge >= 0.3 is 11.9 Å². The molecule has 0 heterocycles. The first-order valence-electron chi connectivity index (χ1n) is 17.5. The Bertz CT molecular complexity index is 1370. The third-order valence-corrected chi connectivity index (χ3v) is 8.18. The van der Waals surface area contributed by atoms with Crippen LogP contribution in [-0.2, 0) is 28.5 Å². The first kappa shape index (κ1) is 38.1. The molecule has 0 aliphatic carbocycles. The van der Waals surface area contributed by atoms with Crippen molar-refractivity contribution in [2.45, 2.75) is 110 Å². The summed E-state index contributed by atoms with van der Waals surface area (Å²) in [5.41, 5.74) is 1.07. The average molecular weight is 653 g/mol. The van der Waals surface area contributed by atoms with Gasteiger partial charge in [0.15, 0.2) is 12.2 Å². The molecular formula is C39H56O8. The Labute approximate surface area is 281 Å². The molecule has 0 aliphatic rings. The number of esters is 2. The second kappa shape index (κ2) is 21.5. The van der Waals surface area contributed by atoms with E-state index < -0.39 is 12.2 Å². The molecular weight excluding hydrogens is 596 g/mol. The molecule has 8 nitrogen and oxygen atoms in total. The fourth-order valence-corrected chi connectivity index (χ4v) is 5.72. The summed E-state index contributed by atoms with van der Waals surface area (Å²) < 4.78 is 35.3. The predicted octanol–water partition coefficient (Wildman–Crippen LogP) is 8.90. The van der Waals surface area contributed by atoms with E-state index in [1.807, 2.05) is 43.3 Å². The molecule has 8 heteroatoms. The number of unbranched alkanes of at least 4 members (excludes halogenated alkanes) is 8. The molecule has 0 saturated heterocycles. The number of rotatable bonds is 24. The van der Waals surface area contributed by atoms with Crippen molar-refractivity contribution in [3.05, 3.63) is 48.0 Å². The number of carbonyl (C=O) groups excluding carboxylic acids is 2. The van der Waals surface area contributed by atoms with Crippen LogP contribution in [0.1, 0.15) is 96.5 Å². The van der Waals surface area contributed by atoms with Crippen LogP contribution in [0.25, 0.3) is 21.5 Å². The number of carbonyl (C=O) groups is 2. The number of hydrogen-bond acceptors (Lipinski definition) is 8. The van der Waals surface area contributed by atoms with Crippen molar-refractivity contribution < 1.29 is 38.0 Å². The van der Waals surface area contributed by atoms with Gasteiger partial charge in [-0.2, -0.15) is 0 Å². The van der Waals surface area contributed by atoms with E-state index in [0.717, 1.165) is 78.5 Å². The summed E-state index contributed by atoms with van der Waals surface area (Å²) in [6, 6.07) is 14.0. The second-order valence-corrected chi connectivity index (χ2v) is 12.3. The Kier molecular flexibility index (Phi) is 17.4. The first-order valence-corrected chi connectivity index (χ1v) is 17.5. The molecule has 0 bridgehead atoms. The Balaban J connectivity index is 1.80. The molecule has 0 aromatic heterocycles. The summed E-state index contributed by atoms with van der Waals surface area (Å²) >= 11 is 0. The lowest BCUT2D eigenvalue weighted by Crippen LogP contribution is -2.30. The topological polar surface area (TPSA) is 89.5 Å². The molecule has 0 N–H and O–H groups in total. The van der Waals surface area contributed by atoms with E-state index >= 15 is 0 Å². The zero-order chi connectivity index (χ0) is 33.9. The van der Waals surface area contributed by atoms with E-state index in [1.54, 1.807) is 14.2 Å². The minimum atomic E-state index is -0.547. The molecule has 0 amide bonds. The minimum absolute atomic E-state index is 0.146. The van der Waals surface area contributed by atoms with Gasteiger partial charge in [-0.25, -0.2) is 0 Å². The maximum atomic E-state index is 12.6. The van der Waals surface area contributed by atoms with Gasteiger partial charge in [0, 0.05) is 48.6 Å². The summed E-state index contributed by atoms with van der Waals surface area (Å²) in [6.07, 6.45) is 10.3. The Morgan fingerprint density at radius 1 is 0.574 bits per heavy atom. The lowest BCUT2D eigenvalue weighted by atomic mass is 9.99. The molecule has 0 radical (unpaired) electrons. The van der Waals surface area contributed by atoms with E-state index in [1.165, 1.54) is 12.8 Å². The molecule has 0 spiro atoms. The third kappa shape index (κ3) is 12.6. The highest BCUT2D eigenvalue weighted by atomic mass is 16.6. The number of methoxy groups -OCH3 is 2. The van der Waals surface area contributed by atoms with Crippen LogP contribution in [0.15, 0.2) is 42.5 Å². The van der Waals surface area contributed by atoms with Gasteiger partial charge in [0.05, 0.1) is 13.2 Å². The highest BCUT2D eigenvalue weighted by Gasteiger charge is 2.22. The van der Waals surface area contributed by atoms with Crippen LogP contribution in [0.3, 0.4) is 0 Å². The number of benzene rings is 3. The maximum absolute atomic E-state index is 12.6. The lowest BCUT2D eigenvalue weighted by molar-refractivity contribution is -0.154. The van der Waals surface area contributed by atoms with E-state index in [9.17, 15) is 9.59 Å². The SMILES string of the molecule is CCCCCCCC(=O)OC(COC)COc1c2ccccc2c(OCC(COC)OC(=O)CCCCCCC)c2cc(C)ccc12. The number of hydrogen-bond donors (Lipinski definition) is 0. The number of fused-ring (bicyclic) bond motifs is 2. The van der Waals surface area contributed by atoms with E-state index in [2.05, 4.69) is 19.9 Å². The van der Waals surface area contributed by atoms with Crippen LogP contribution < -0.4 is 9.47 Å². The lowest BCUT2D eigenvalue weighted by Gasteiger charge is -2.23. The van der Waals surface area contributed by atoms with Crippen LogP contribution in [0.2, 0.25) is 0 Å². The van der Waals surface area contributed by atoms with E-state index in [0.29, 0.717) is 24.3 Å². The van der Waals surface area contributed by atoms with Crippen molar-refractivity contribution in [3.8, 4) is 11.5 Å². The maximum Gasteiger partial charge on any atom is 0.306 e. The van der Waals surface area contributed by atoms with Crippen LogP contribution in [-0.4, -0.2) is 64.8 Å². The van der Waals surface area contributed by atoms with Gasteiger partial charge in [-0.05, 0) is 25.8 Å². The highest BCUT2D eigenvalue weighted by molar-refractivity contribution is 6.11. The summed E-state index contributed by atoms with van der Waals surface area (Å²) in [4.78, 5) is 25.2. The van der Waals surface area contributed by atoms with Crippen molar-refractivity contribution in [1.29, 1.82) is 0 Å². The van der Waals surface area contributed by atoms with E-state index in [-0.39, 0.29) is 38.4 Å². The fraction of sp³-hybridized carbons (Fsp3) is 0.590. The van der Waals surface area contributed by atoms with Crippen molar-refractivity contribution in [2.24, 2.45) is 0 Å². The summed E-state index contributed by atoms with van der Waals surface area (Å²) in [6.45, 7) is 7.14. The van der Waals surface area contributed by atoms with Gasteiger partial charge < -0.3 is 28.4 Å². The first-order chi connectivity index (χ1) is 22.9. The Morgan fingerprint density at radius 2 is 1.02 bits per heavy atom. The quantitative estimate of drug-likeness (QED) is 0.0539. The fourth-order valence-electron chi connectivity index (χ4n) is 5.72. The van der Waals surface area contributed by atoms with E-state index in [4.69, 9.17) is 28.4 Å². The average Bonchev–Trinajstić information content (AvgIpc) is 3.06. The van der Waals surface area contributed by atoms with Crippen molar-refractivity contribution in [2.75, 3.05) is 40.6 Å². The van der Waals surface area contributed by atoms with Crippen molar-refractivity contribution >= 4 is 33.5 Å². The predicted molar refractivity (Wildman–Crippen MR) is 187 cm³/mol. The zero-order valence-corrected chi connectivity index (χ0v) is 29.3. The number of aryl methyl sites for hydroxylation is 1. The molecule has 2 unspecified atom stereocenters. The van der Waals surface area contributed by atoms with Crippen LogP contribution in [0, 0.1) is 6.92 Å². The summed E-state index contributed by atoms with van der Waals surface area (Å²) in [5.74, 6) is 0.905. The molecule has 3 aromatic carbocycles. The number of ether oxygens (including phenoxy) is 6.